The molecule has 2 aromatic heterocycles. The Morgan fingerprint density at radius 1 is 1.04 bits per heavy atom. The summed E-state index contributed by atoms with van der Waals surface area (Å²) in [6.07, 6.45) is 3.50. The molecular weight excluding hydrogens is 368 g/mol. The number of fused-ring (bicyclic) bond motifs is 1. The number of ketones is 1. The Labute approximate surface area is 167 Å². The highest BCUT2D eigenvalue weighted by Crippen LogP contribution is 2.24. The lowest BCUT2D eigenvalue weighted by Crippen LogP contribution is -2.05. The molecule has 0 N–H and O–H groups in total. The number of aromatic nitrogens is 4. The first-order valence-corrected chi connectivity index (χ1v) is 9.85. The van der Waals surface area contributed by atoms with Crippen LogP contribution in [-0.2, 0) is 6.54 Å². The van der Waals surface area contributed by atoms with Gasteiger partial charge in [0, 0.05) is 18.3 Å². The summed E-state index contributed by atoms with van der Waals surface area (Å²) in [4.78, 5) is 17.0. The summed E-state index contributed by atoms with van der Waals surface area (Å²) in [5, 5.41) is 11.4. The molecule has 0 spiro atoms. The first-order chi connectivity index (χ1) is 13.8. The van der Waals surface area contributed by atoms with Crippen LogP contribution in [0.2, 0.25) is 0 Å². The molecular formula is C22H18N4OS. The molecule has 0 bridgehead atoms. The van der Waals surface area contributed by atoms with Crippen molar-refractivity contribution in [2.45, 2.75) is 11.7 Å². The van der Waals surface area contributed by atoms with Crippen molar-refractivity contribution >= 4 is 28.3 Å². The standard InChI is InChI=1S/C22H18N4OS/c1-2-13-26-21(19-9-5-6-12-23-19)24-25-22(26)28-15-20(27)18-11-10-16-7-3-4-8-17(16)14-18/h2-12,14H,1,13,15H2. The Balaban J connectivity index is 1.54. The van der Waals surface area contributed by atoms with Crippen LogP contribution >= 0.6 is 11.8 Å². The number of benzene rings is 2. The van der Waals surface area contributed by atoms with Crippen LogP contribution in [0.1, 0.15) is 10.4 Å². The van der Waals surface area contributed by atoms with Gasteiger partial charge in [-0.05, 0) is 29.0 Å². The number of allylic oxidation sites excluding steroid dienone is 1. The van der Waals surface area contributed by atoms with Gasteiger partial charge in [0.05, 0.1) is 5.75 Å². The lowest BCUT2D eigenvalue weighted by molar-refractivity contribution is 0.102. The van der Waals surface area contributed by atoms with Crippen molar-refractivity contribution in [3.05, 3.63) is 85.1 Å². The minimum atomic E-state index is 0.0586. The van der Waals surface area contributed by atoms with Gasteiger partial charge in [-0.2, -0.15) is 0 Å². The lowest BCUT2D eigenvalue weighted by Gasteiger charge is -2.07. The van der Waals surface area contributed by atoms with Gasteiger partial charge in [-0.1, -0.05) is 60.3 Å². The second-order valence-electron chi connectivity index (χ2n) is 6.19. The zero-order chi connectivity index (χ0) is 19.3. The van der Waals surface area contributed by atoms with E-state index in [4.69, 9.17) is 0 Å². The van der Waals surface area contributed by atoms with Crippen molar-refractivity contribution in [1.82, 2.24) is 19.7 Å². The summed E-state index contributed by atoms with van der Waals surface area (Å²) in [5.41, 5.74) is 1.44. The summed E-state index contributed by atoms with van der Waals surface area (Å²) >= 11 is 1.38. The van der Waals surface area contributed by atoms with Crippen molar-refractivity contribution in [2.75, 3.05) is 5.75 Å². The SMILES string of the molecule is C=CCn1c(SCC(=O)c2ccc3ccccc3c2)nnc1-c1ccccn1. The Morgan fingerprint density at radius 3 is 2.64 bits per heavy atom. The number of hydrogen-bond donors (Lipinski definition) is 0. The molecule has 4 aromatic rings. The molecule has 0 aliphatic rings. The summed E-state index contributed by atoms with van der Waals surface area (Å²) in [6.45, 7) is 4.36. The number of nitrogens with zero attached hydrogens (tertiary/aromatic N) is 4. The predicted octanol–water partition coefficient (Wildman–Crippen LogP) is 4.65. The molecule has 0 aliphatic heterocycles. The molecule has 0 fully saturated rings. The summed E-state index contributed by atoms with van der Waals surface area (Å²) in [7, 11) is 0. The van der Waals surface area contributed by atoms with Crippen LogP contribution in [0.4, 0.5) is 0 Å². The minimum Gasteiger partial charge on any atom is -0.297 e. The van der Waals surface area contributed by atoms with Crippen LogP contribution in [0.3, 0.4) is 0 Å². The molecule has 138 valence electrons. The van der Waals surface area contributed by atoms with Crippen molar-refractivity contribution in [2.24, 2.45) is 0 Å². The Bertz CT molecular complexity index is 1140. The molecule has 2 heterocycles. The molecule has 2 aromatic carbocycles. The van der Waals surface area contributed by atoms with E-state index in [1.54, 1.807) is 12.3 Å². The molecule has 0 unspecified atom stereocenters. The first-order valence-electron chi connectivity index (χ1n) is 8.86. The van der Waals surface area contributed by atoms with Crippen LogP contribution in [-0.4, -0.2) is 31.3 Å². The molecule has 6 heteroatoms. The monoisotopic (exact) mass is 386 g/mol. The smallest absolute Gasteiger partial charge is 0.192 e. The molecule has 28 heavy (non-hydrogen) atoms. The van der Waals surface area contributed by atoms with Crippen molar-refractivity contribution < 1.29 is 4.79 Å². The van der Waals surface area contributed by atoms with E-state index in [1.165, 1.54) is 11.8 Å². The fraction of sp³-hybridized carbons (Fsp3) is 0.0909. The molecule has 5 nitrogen and oxygen atoms in total. The number of rotatable bonds is 7. The van der Waals surface area contributed by atoms with E-state index in [-0.39, 0.29) is 11.5 Å². The number of pyridine rings is 1. The molecule has 0 amide bonds. The van der Waals surface area contributed by atoms with Crippen LogP contribution in [0.25, 0.3) is 22.3 Å². The molecule has 0 aliphatic carbocycles. The quantitative estimate of drug-likeness (QED) is 0.263. The topological polar surface area (TPSA) is 60.7 Å². The molecule has 0 radical (unpaired) electrons. The first kappa shape index (κ1) is 18.1. The van der Waals surface area contributed by atoms with E-state index < -0.39 is 0 Å². The van der Waals surface area contributed by atoms with E-state index in [0.717, 1.165) is 16.5 Å². The van der Waals surface area contributed by atoms with Crippen LogP contribution < -0.4 is 0 Å². The highest BCUT2D eigenvalue weighted by atomic mass is 32.2. The average molecular weight is 386 g/mol. The maximum atomic E-state index is 12.7. The maximum Gasteiger partial charge on any atom is 0.192 e. The third-order valence-corrected chi connectivity index (χ3v) is 5.29. The number of thioether (sulfide) groups is 1. The van der Waals surface area contributed by atoms with Gasteiger partial charge in [-0.15, -0.1) is 16.8 Å². The van der Waals surface area contributed by atoms with Gasteiger partial charge in [-0.25, -0.2) is 0 Å². The van der Waals surface area contributed by atoms with Crippen molar-refractivity contribution in [1.29, 1.82) is 0 Å². The second kappa shape index (κ2) is 8.19. The second-order valence-corrected chi connectivity index (χ2v) is 7.14. The van der Waals surface area contributed by atoms with E-state index in [2.05, 4.69) is 21.8 Å². The Kier molecular flexibility index (Phi) is 5.30. The molecule has 0 atom stereocenters. The van der Waals surface area contributed by atoms with E-state index in [9.17, 15) is 4.79 Å². The van der Waals surface area contributed by atoms with Crippen LogP contribution in [0.15, 0.2) is 84.7 Å². The normalized spacial score (nSPS) is 10.9. The minimum absolute atomic E-state index is 0.0586. The van der Waals surface area contributed by atoms with Gasteiger partial charge in [0.1, 0.15) is 5.69 Å². The summed E-state index contributed by atoms with van der Waals surface area (Å²) in [6, 6.07) is 19.5. The largest absolute Gasteiger partial charge is 0.297 e. The number of carbonyl (C=O) groups is 1. The van der Waals surface area contributed by atoms with Crippen LogP contribution in [0.5, 0.6) is 0 Å². The maximum absolute atomic E-state index is 12.7. The van der Waals surface area contributed by atoms with E-state index in [0.29, 0.717) is 23.1 Å². The fourth-order valence-corrected chi connectivity index (χ4v) is 3.79. The predicted molar refractivity (Wildman–Crippen MR) is 112 cm³/mol. The van der Waals surface area contributed by atoms with Gasteiger partial charge in [-0.3, -0.25) is 14.3 Å². The Hall–Kier alpha value is -3.25. The number of carbonyl (C=O) groups excluding carboxylic acids is 1. The number of Topliss-reactive ketones (excluding diaryl/α,β-unsaturated/α-hetero) is 1. The zero-order valence-electron chi connectivity index (χ0n) is 15.2. The molecule has 0 saturated carbocycles. The van der Waals surface area contributed by atoms with Gasteiger partial charge >= 0.3 is 0 Å². The fourth-order valence-electron chi connectivity index (χ4n) is 2.95. The van der Waals surface area contributed by atoms with Gasteiger partial charge in [0.2, 0.25) is 0 Å². The number of hydrogen-bond acceptors (Lipinski definition) is 5. The lowest BCUT2D eigenvalue weighted by atomic mass is 10.1. The molecule has 4 rings (SSSR count). The Morgan fingerprint density at radius 2 is 1.86 bits per heavy atom. The highest BCUT2D eigenvalue weighted by Gasteiger charge is 2.16. The van der Waals surface area contributed by atoms with Gasteiger partial charge in [0.15, 0.2) is 16.8 Å². The molecule has 0 saturated heterocycles. The van der Waals surface area contributed by atoms with E-state index in [1.807, 2.05) is 65.2 Å². The highest BCUT2D eigenvalue weighted by molar-refractivity contribution is 7.99. The summed E-state index contributed by atoms with van der Waals surface area (Å²) in [5.74, 6) is 1.01. The van der Waals surface area contributed by atoms with Crippen molar-refractivity contribution in [3.8, 4) is 11.5 Å². The third-order valence-electron chi connectivity index (χ3n) is 4.33. The van der Waals surface area contributed by atoms with Gasteiger partial charge < -0.3 is 0 Å². The van der Waals surface area contributed by atoms with Crippen LogP contribution in [0, 0.1) is 0 Å². The third kappa shape index (κ3) is 3.73. The van der Waals surface area contributed by atoms with E-state index >= 15 is 0 Å². The summed E-state index contributed by atoms with van der Waals surface area (Å²) < 4.78 is 1.92. The average Bonchev–Trinajstić information content (AvgIpc) is 3.15. The van der Waals surface area contributed by atoms with Gasteiger partial charge in [0.25, 0.3) is 0 Å². The zero-order valence-corrected chi connectivity index (χ0v) is 16.0. The van der Waals surface area contributed by atoms with Crippen molar-refractivity contribution in [3.63, 3.8) is 0 Å².